The second-order valence-corrected chi connectivity index (χ2v) is 6.68. The van der Waals surface area contributed by atoms with Crippen molar-refractivity contribution < 1.29 is 8.42 Å². The molecule has 0 atom stereocenters. The molecule has 1 saturated carbocycles. The van der Waals surface area contributed by atoms with Gasteiger partial charge in [0.05, 0.1) is 5.69 Å². The highest BCUT2D eigenvalue weighted by Gasteiger charge is 2.24. The Kier molecular flexibility index (Phi) is 3.40. The van der Waals surface area contributed by atoms with Crippen molar-refractivity contribution in [3.8, 4) is 0 Å². The summed E-state index contributed by atoms with van der Waals surface area (Å²) >= 11 is 0. The predicted molar refractivity (Wildman–Crippen MR) is 68.6 cm³/mol. The van der Waals surface area contributed by atoms with Crippen LogP contribution in [-0.2, 0) is 10.0 Å². The van der Waals surface area contributed by atoms with Crippen molar-refractivity contribution in [3.05, 3.63) is 24.3 Å². The highest BCUT2D eigenvalue weighted by Crippen LogP contribution is 2.28. The van der Waals surface area contributed by atoms with Gasteiger partial charge >= 0.3 is 0 Å². The second kappa shape index (κ2) is 4.66. The van der Waals surface area contributed by atoms with E-state index in [0.29, 0.717) is 16.6 Å². The van der Waals surface area contributed by atoms with Gasteiger partial charge in [0.15, 0.2) is 0 Å². The molecule has 0 aliphatic heterocycles. The van der Waals surface area contributed by atoms with Crippen LogP contribution in [0, 0.1) is 0 Å². The Bertz CT molecular complexity index is 493. The average Bonchev–Trinajstić information content (AvgIpc) is 2.23. The summed E-state index contributed by atoms with van der Waals surface area (Å²) in [5.74, 6) is 0. The van der Waals surface area contributed by atoms with Gasteiger partial charge in [-0.25, -0.2) is 12.7 Å². The summed E-state index contributed by atoms with van der Waals surface area (Å²) in [5.41, 5.74) is 0.714. The molecule has 0 saturated heterocycles. The summed E-state index contributed by atoms with van der Waals surface area (Å²) in [7, 11) is -0.264. The zero-order chi connectivity index (χ0) is 12.5. The van der Waals surface area contributed by atoms with Gasteiger partial charge in [-0.15, -0.1) is 0 Å². The lowest BCUT2D eigenvalue weighted by molar-refractivity contribution is 0.444. The van der Waals surface area contributed by atoms with Crippen molar-refractivity contribution >= 4 is 15.7 Å². The normalized spacial score (nSPS) is 16.9. The van der Waals surface area contributed by atoms with E-state index < -0.39 is 10.0 Å². The first-order valence-corrected chi connectivity index (χ1v) is 7.24. The van der Waals surface area contributed by atoms with Crippen LogP contribution < -0.4 is 5.32 Å². The molecule has 0 radical (unpaired) electrons. The van der Waals surface area contributed by atoms with Crippen molar-refractivity contribution in [2.75, 3.05) is 19.4 Å². The molecule has 4 nitrogen and oxygen atoms in total. The summed E-state index contributed by atoms with van der Waals surface area (Å²) in [5, 5.41) is 3.30. The molecule has 1 N–H and O–H groups in total. The van der Waals surface area contributed by atoms with Gasteiger partial charge < -0.3 is 5.32 Å². The molecule has 0 aromatic heterocycles. The smallest absolute Gasteiger partial charge is 0.244 e. The van der Waals surface area contributed by atoms with E-state index in [2.05, 4.69) is 5.32 Å². The van der Waals surface area contributed by atoms with Crippen molar-refractivity contribution in [3.63, 3.8) is 0 Å². The zero-order valence-corrected chi connectivity index (χ0v) is 11.0. The quantitative estimate of drug-likeness (QED) is 0.893. The molecule has 1 aliphatic rings. The Labute approximate surface area is 103 Å². The number of para-hydroxylation sites is 1. The number of benzene rings is 1. The lowest BCUT2D eigenvalue weighted by Crippen LogP contribution is -2.29. The predicted octanol–water partition coefficient (Wildman–Crippen LogP) is 1.90. The van der Waals surface area contributed by atoms with Crippen molar-refractivity contribution in [1.82, 2.24) is 4.31 Å². The SMILES string of the molecule is CN(C)S(=O)(=O)c1ccccc1NC1CCC1. The number of anilines is 1. The maximum Gasteiger partial charge on any atom is 0.244 e. The first-order valence-electron chi connectivity index (χ1n) is 5.80. The van der Waals surface area contributed by atoms with Crippen LogP contribution in [0.15, 0.2) is 29.2 Å². The minimum absolute atomic E-state index is 0.358. The standard InChI is InChI=1S/C12H18N2O2S/c1-14(2)17(15,16)12-9-4-3-8-11(12)13-10-6-5-7-10/h3-4,8-10,13H,5-7H2,1-2H3. The third-order valence-electron chi connectivity index (χ3n) is 3.11. The number of hydrogen-bond acceptors (Lipinski definition) is 3. The molecule has 1 aromatic carbocycles. The number of rotatable bonds is 4. The summed E-state index contributed by atoms with van der Waals surface area (Å²) in [6, 6.07) is 7.51. The highest BCUT2D eigenvalue weighted by molar-refractivity contribution is 7.89. The summed E-state index contributed by atoms with van der Waals surface area (Å²) in [4.78, 5) is 0.358. The largest absolute Gasteiger partial charge is 0.381 e. The fourth-order valence-electron chi connectivity index (χ4n) is 1.78. The van der Waals surface area contributed by atoms with Crippen LogP contribution in [0.2, 0.25) is 0 Å². The maximum absolute atomic E-state index is 12.1. The average molecular weight is 254 g/mol. The second-order valence-electron chi connectivity index (χ2n) is 4.56. The topological polar surface area (TPSA) is 49.4 Å². The van der Waals surface area contributed by atoms with E-state index in [1.165, 1.54) is 10.7 Å². The maximum atomic E-state index is 12.1. The molecule has 1 aromatic rings. The fraction of sp³-hybridized carbons (Fsp3) is 0.500. The molecule has 94 valence electrons. The molecule has 0 heterocycles. The molecule has 0 unspecified atom stereocenters. The molecular weight excluding hydrogens is 236 g/mol. The molecule has 0 amide bonds. The van der Waals surface area contributed by atoms with Gasteiger partial charge in [0.25, 0.3) is 0 Å². The van der Waals surface area contributed by atoms with Gasteiger partial charge in [0, 0.05) is 20.1 Å². The van der Waals surface area contributed by atoms with E-state index in [9.17, 15) is 8.42 Å². The van der Waals surface area contributed by atoms with E-state index in [4.69, 9.17) is 0 Å². The van der Waals surface area contributed by atoms with Gasteiger partial charge in [-0.2, -0.15) is 0 Å². The van der Waals surface area contributed by atoms with Crippen molar-refractivity contribution in [1.29, 1.82) is 0 Å². The van der Waals surface area contributed by atoms with Gasteiger partial charge in [0.2, 0.25) is 10.0 Å². The van der Waals surface area contributed by atoms with Crippen LogP contribution >= 0.6 is 0 Å². The summed E-state index contributed by atoms with van der Waals surface area (Å²) < 4.78 is 25.5. The van der Waals surface area contributed by atoms with E-state index >= 15 is 0 Å². The molecule has 0 bridgehead atoms. The van der Waals surface area contributed by atoms with E-state index in [1.807, 2.05) is 12.1 Å². The first-order chi connectivity index (χ1) is 8.01. The summed E-state index contributed by atoms with van der Waals surface area (Å²) in [6.07, 6.45) is 3.47. The highest BCUT2D eigenvalue weighted by atomic mass is 32.2. The third kappa shape index (κ3) is 2.45. The first kappa shape index (κ1) is 12.4. The Balaban J connectivity index is 2.33. The van der Waals surface area contributed by atoms with Crippen LogP contribution in [0.25, 0.3) is 0 Å². The van der Waals surface area contributed by atoms with Gasteiger partial charge in [-0.3, -0.25) is 0 Å². The molecular formula is C12H18N2O2S. The minimum atomic E-state index is -3.37. The van der Waals surface area contributed by atoms with Crippen LogP contribution in [-0.4, -0.2) is 32.9 Å². The molecule has 1 aliphatic carbocycles. The fourth-order valence-corrected chi connectivity index (χ4v) is 2.83. The molecule has 17 heavy (non-hydrogen) atoms. The number of hydrogen-bond donors (Lipinski definition) is 1. The number of nitrogens with zero attached hydrogens (tertiary/aromatic N) is 1. The van der Waals surface area contributed by atoms with Gasteiger partial charge in [0.1, 0.15) is 4.90 Å². The van der Waals surface area contributed by atoms with Crippen LogP contribution in [0.1, 0.15) is 19.3 Å². The lowest BCUT2D eigenvalue weighted by atomic mass is 9.93. The monoisotopic (exact) mass is 254 g/mol. The number of nitrogens with one attached hydrogen (secondary N) is 1. The van der Waals surface area contributed by atoms with E-state index in [1.54, 1.807) is 26.2 Å². The van der Waals surface area contributed by atoms with Crippen LogP contribution in [0.3, 0.4) is 0 Å². The molecule has 2 rings (SSSR count). The van der Waals surface area contributed by atoms with Crippen molar-refractivity contribution in [2.45, 2.75) is 30.2 Å². The Morgan fingerprint density at radius 2 is 1.88 bits per heavy atom. The van der Waals surface area contributed by atoms with Gasteiger partial charge in [-0.05, 0) is 31.4 Å². The van der Waals surface area contributed by atoms with Crippen LogP contribution in [0.5, 0.6) is 0 Å². The zero-order valence-electron chi connectivity index (χ0n) is 10.2. The minimum Gasteiger partial charge on any atom is -0.381 e. The molecule has 0 spiro atoms. The Hall–Kier alpha value is -1.07. The lowest BCUT2D eigenvalue weighted by Gasteiger charge is -2.28. The van der Waals surface area contributed by atoms with Crippen molar-refractivity contribution in [2.24, 2.45) is 0 Å². The number of sulfonamides is 1. The van der Waals surface area contributed by atoms with Crippen LogP contribution in [0.4, 0.5) is 5.69 Å². The van der Waals surface area contributed by atoms with E-state index in [-0.39, 0.29) is 0 Å². The summed E-state index contributed by atoms with van der Waals surface area (Å²) in [6.45, 7) is 0. The Morgan fingerprint density at radius 3 is 2.41 bits per heavy atom. The Morgan fingerprint density at radius 1 is 1.24 bits per heavy atom. The van der Waals surface area contributed by atoms with E-state index in [0.717, 1.165) is 12.8 Å². The third-order valence-corrected chi connectivity index (χ3v) is 4.98. The molecule has 1 fully saturated rings. The molecule has 5 heteroatoms. The van der Waals surface area contributed by atoms with Gasteiger partial charge in [-0.1, -0.05) is 12.1 Å².